The maximum atomic E-state index is 5.08. The van der Waals surface area contributed by atoms with E-state index < -0.39 is 0 Å². The number of fused-ring (bicyclic) bond motifs is 12. The lowest BCUT2D eigenvalue weighted by Crippen LogP contribution is -2.39. The van der Waals surface area contributed by atoms with Gasteiger partial charge in [0.25, 0.3) is 0 Å². The molecule has 4 atom stereocenters. The third-order valence-electron chi connectivity index (χ3n) is 12.4. The Morgan fingerprint density at radius 3 is 1.89 bits per heavy atom. The summed E-state index contributed by atoms with van der Waals surface area (Å²) in [4.78, 5) is 10.1. The van der Waals surface area contributed by atoms with Crippen LogP contribution in [0.5, 0.6) is 0 Å². The van der Waals surface area contributed by atoms with Crippen molar-refractivity contribution in [3.05, 3.63) is 228 Å². The van der Waals surface area contributed by atoms with Crippen LogP contribution in [-0.4, -0.2) is 9.97 Å². The Morgan fingerprint density at radius 1 is 0.473 bits per heavy atom. The summed E-state index contributed by atoms with van der Waals surface area (Å²) in [5.74, 6) is 1.67. The molecular weight excluding hydrogens is 665 g/mol. The summed E-state index contributed by atoms with van der Waals surface area (Å²) in [7, 11) is 0. The van der Waals surface area contributed by atoms with E-state index in [1.807, 2.05) is 24.3 Å². The Bertz CT molecular complexity index is 2680. The van der Waals surface area contributed by atoms with Crippen molar-refractivity contribution in [2.45, 2.75) is 17.8 Å². The second kappa shape index (κ2) is 12.7. The van der Waals surface area contributed by atoms with Crippen LogP contribution in [0.3, 0.4) is 0 Å². The zero-order valence-corrected chi connectivity index (χ0v) is 30.4. The number of benzene rings is 6. The average Bonchev–Trinajstić information content (AvgIpc) is 3.51. The van der Waals surface area contributed by atoms with Gasteiger partial charge in [-0.15, -0.1) is 0 Å². The quantitative estimate of drug-likeness (QED) is 0.182. The van der Waals surface area contributed by atoms with Gasteiger partial charge in [-0.2, -0.15) is 0 Å². The maximum absolute atomic E-state index is 5.08. The Morgan fingerprint density at radius 2 is 1.09 bits per heavy atom. The number of hydrogen-bond donors (Lipinski definition) is 0. The van der Waals surface area contributed by atoms with Crippen LogP contribution < -0.4 is 0 Å². The molecule has 0 N–H and O–H groups in total. The third kappa shape index (κ3) is 4.95. The zero-order chi connectivity index (χ0) is 36.3. The maximum Gasteiger partial charge on any atom is 0.160 e. The molecule has 4 aliphatic rings. The molecular formula is C53H38N2. The van der Waals surface area contributed by atoms with E-state index in [-0.39, 0.29) is 11.3 Å². The molecule has 0 aliphatic heterocycles. The SMILES string of the molecule is C1=CCC2C(=C1)C1C=CC=CC1C1(c3ccccc3-c3cc(-c4ccc(-c5cc(-c6ccccc6)nc(-c6ccccc6)n5)cc4)ccc31)c1ccccc12. The first-order valence-electron chi connectivity index (χ1n) is 19.4. The summed E-state index contributed by atoms with van der Waals surface area (Å²) in [5.41, 5.74) is 17.0. The largest absolute Gasteiger partial charge is 0.228 e. The van der Waals surface area contributed by atoms with Gasteiger partial charge in [-0.1, -0.05) is 194 Å². The van der Waals surface area contributed by atoms with E-state index in [1.165, 1.54) is 50.1 Å². The van der Waals surface area contributed by atoms with Gasteiger partial charge >= 0.3 is 0 Å². The normalized spacial score (nSPS) is 21.2. The lowest BCUT2D eigenvalue weighted by molar-refractivity contribution is 0.390. The second-order valence-corrected chi connectivity index (χ2v) is 15.2. The Balaban J connectivity index is 1.04. The van der Waals surface area contributed by atoms with Crippen molar-refractivity contribution in [3.63, 3.8) is 0 Å². The molecule has 55 heavy (non-hydrogen) atoms. The third-order valence-corrected chi connectivity index (χ3v) is 12.4. The van der Waals surface area contributed by atoms with Gasteiger partial charge < -0.3 is 0 Å². The Hall–Kier alpha value is -6.64. The van der Waals surface area contributed by atoms with E-state index in [0.29, 0.717) is 11.8 Å². The van der Waals surface area contributed by atoms with E-state index >= 15 is 0 Å². The molecule has 11 rings (SSSR count). The molecule has 4 unspecified atom stereocenters. The standard InChI is InChI=1S/C53H38N2/c1-3-15-36(16-4-1)50-34-51(55-52(54-50)38-17-5-2-6-18-38)37-29-27-35(28-30-37)39-31-32-49-45(33-39)44-23-11-14-26-48(44)53(49)46-24-12-9-21-42(46)40-19-7-8-20-41(40)43-22-10-13-25-47(43)53/h1-19,21-34,41-42,46H,20H2. The fourth-order valence-corrected chi connectivity index (χ4v) is 10.0. The smallest absolute Gasteiger partial charge is 0.160 e. The number of rotatable bonds is 4. The summed E-state index contributed by atoms with van der Waals surface area (Å²) in [5, 5.41) is 0. The van der Waals surface area contributed by atoms with Crippen molar-refractivity contribution in [1.29, 1.82) is 0 Å². The highest BCUT2D eigenvalue weighted by Crippen LogP contribution is 2.64. The average molecular weight is 703 g/mol. The van der Waals surface area contributed by atoms with E-state index in [2.05, 4.69) is 176 Å². The molecule has 6 aromatic carbocycles. The molecule has 260 valence electrons. The van der Waals surface area contributed by atoms with Gasteiger partial charge in [0.15, 0.2) is 5.82 Å². The first kappa shape index (κ1) is 31.8. The molecule has 0 saturated carbocycles. The highest BCUT2D eigenvalue weighted by atomic mass is 14.9. The van der Waals surface area contributed by atoms with Crippen molar-refractivity contribution < 1.29 is 0 Å². The fraction of sp³-hybridized carbons (Fsp3) is 0.0943. The molecule has 0 radical (unpaired) electrons. The van der Waals surface area contributed by atoms with Gasteiger partial charge in [0.1, 0.15) is 0 Å². The topological polar surface area (TPSA) is 25.8 Å². The molecule has 0 amide bonds. The molecule has 1 heterocycles. The minimum absolute atomic E-state index is 0.253. The zero-order valence-electron chi connectivity index (χ0n) is 30.4. The van der Waals surface area contributed by atoms with Gasteiger partial charge in [-0.3, -0.25) is 0 Å². The Kier molecular flexibility index (Phi) is 7.38. The number of aromatic nitrogens is 2. The lowest BCUT2D eigenvalue weighted by atomic mass is 9.59. The van der Waals surface area contributed by atoms with Crippen molar-refractivity contribution in [1.82, 2.24) is 9.97 Å². The summed E-state index contributed by atoms with van der Waals surface area (Å²) >= 11 is 0. The van der Waals surface area contributed by atoms with Crippen LogP contribution in [0.25, 0.3) is 56.2 Å². The van der Waals surface area contributed by atoms with Crippen LogP contribution in [0.15, 0.2) is 206 Å². The van der Waals surface area contributed by atoms with Crippen LogP contribution in [-0.2, 0) is 5.41 Å². The second-order valence-electron chi connectivity index (χ2n) is 15.2. The predicted molar refractivity (Wildman–Crippen MR) is 225 cm³/mol. The number of allylic oxidation sites excluding steroid dienone is 8. The molecule has 0 bridgehead atoms. The van der Waals surface area contributed by atoms with Gasteiger partial charge in [0.2, 0.25) is 0 Å². The van der Waals surface area contributed by atoms with E-state index in [4.69, 9.17) is 9.97 Å². The summed E-state index contributed by atoms with van der Waals surface area (Å²) in [6.07, 6.45) is 17.6. The lowest BCUT2D eigenvalue weighted by Gasteiger charge is -2.42. The van der Waals surface area contributed by atoms with Crippen LogP contribution in [0.2, 0.25) is 0 Å². The van der Waals surface area contributed by atoms with E-state index in [9.17, 15) is 0 Å². The highest BCUT2D eigenvalue weighted by molar-refractivity contribution is 5.88. The van der Waals surface area contributed by atoms with Crippen molar-refractivity contribution in [2.75, 3.05) is 0 Å². The fourth-order valence-electron chi connectivity index (χ4n) is 10.0. The van der Waals surface area contributed by atoms with Gasteiger partial charge in [-0.05, 0) is 63.1 Å². The molecule has 2 nitrogen and oxygen atoms in total. The van der Waals surface area contributed by atoms with Crippen molar-refractivity contribution >= 4 is 0 Å². The molecule has 2 heteroatoms. The minimum Gasteiger partial charge on any atom is -0.228 e. The van der Waals surface area contributed by atoms with Gasteiger partial charge in [0, 0.05) is 34.4 Å². The first-order valence-corrected chi connectivity index (χ1v) is 19.4. The molecule has 1 aromatic heterocycles. The molecule has 0 fully saturated rings. The van der Waals surface area contributed by atoms with Crippen LogP contribution in [0.1, 0.15) is 34.6 Å². The van der Waals surface area contributed by atoms with Crippen LogP contribution in [0, 0.1) is 11.8 Å². The monoisotopic (exact) mass is 702 g/mol. The van der Waals surface area contributed by atoms with Crippen molar-refractivity contribution in [3.8, 4) is 56.2 Å². The van der Waals surface area contributed by atoms with Gasteiger partial charge in [0.05, 0.1) is 16.8 Å². The first-order chi connectivity index (χ1) is 27.3. The van der Waals surface area contributed by atoms with Gasteiger partial charge in [-0.25, -0.2) is 9.97 Å². The Labute approximate surface area is 322 Å². The molecule has 7 aromatic rings. The molecule has 4 aliphatic carbocycles. The van der Waals surface area contributed by atoms with E-state index in [1.54, 1.807) is 0 Å². The summed E-state index contributed by atoms with van der Waals surface area (Å²) < 4.78 is 0. The van der Waals surface area contributed by atoms with E-state index in [0.717, 1.165) is 40.3 Å². The number of nitrogens with zero attached hydrogens (tertiary/aromatic N) is 2. The highest BCUT2D eigenvalue weighted by Gasteiger charge is 2.55. The number of hydrogen-bond acceptors (Lipinski definition) is 2. The van der Waals surface area contributed by atoms with Crippen molar-refractivity contribution in [2.24, 2.45) is 11.8 Å². The minimum atomic E-state index is -0.311. The van der Waals surface area contributed by atoms with Crippen LogP contribution in [0.4, 0.5) is 0 Å². The predicted octanol–water partition coefficient (Wildman–Crippen LogP) is 12.8. The molecule has 0 saturated heterocycles. The van der Waals surface area contributed by atoms with Crippen LogP contribution >= 0.6 is 0 Å². The summed E-state index contributed by atoms with van der Waals surface area (Å²) in [6, 6.07) is 57.4. The molecule has 1 spiro atoms. The summed E-state index contributed by atoms with van der Waals surface area (Å²) in [6.45, 7) is 0.